The number of anilines is 1. The average Bonchev–Trinajstić information content (AvgIpc) is 2.54. The highest BCUT2D eigenvalue weighted by molar-refractivity contribution is 5.97. The van der Waals surface area contributed by atoms with Crippen molar-refractivity contribution in [3.05, 3.63) is 59.7 Å². The van der Waals surface area contributed by atoms with E-state index < -0.39 is 24.6 Å². The van der Waals surface area contributed by atoms with E-state index in [1.54, 1.807) is 18.2 Å². The van der Waals surface area contributed by atoms with Crippen molar-refractivity contribution >= 4 is 17.6 Å². The highest BCUT2D eigenvalue weighted by Crippen LogP contribution is 2.16. The van der Waals surface area contributed by atoms with E-state index in [-0.39, 0.29) is 11.3 Å². The van der Waals surface area contributed by atoms with Gasteiger partial charge in [0.2, 0.25) is 0 Å². The predicted molar refractivity (Wildman–Crippen MR) is 87.8 cm³/mol. The van der Waals surface area contributed by atoms with E-state index in [2.05, 4.69) is 10.1 Å². The molecule has 1 amide bonds. The summed E-state index contributed by atoms with van der Waals surface area (Å²) in [6.45, 7) is 0.390. The molecule has 1 N–H and O–H groups in total. The summed E-state index contributed by atoms with van der Waals surface area (Å²) in [5, 5.41) is 2.65. The van der Waals surface area contributed by atoms with E-state index >= 15 is 0 Å². The molecule has 0 spiro atoms. The van der Waals surface area contributed by atoms with Crippen molar-refractivity contribution in [2.24, 2.45) is 0 Å². The highest BCUT2D eigenvalue weighted by Gasteiger charge is 2.19. The van der Waals surface area contributed by atoms with E-state index in [4.69, 9.17) is 4.74 Å². The molecule has 5 nitrogen and oxygen atoms in total. The Hall–Kier alpha value is -2.96. The maximum Gasteiger partial charge on any atom is 0.387 e. The van der Waals surface area contributed by atoms with Crippen molar-refractivity contribution < 1.29 is 27.8 Å². The van der Waals surface area contributed by atoms with Crippen molar-refractivity contribution in [3.8, 4) is 5.75 Å². The molecule has 0 saturated carbocycles. The summed E-state index contributed by atoms with van der Waals surface area (Å²) in [5.41, 5.74) is 1.70. The van der Waals surface area contributed by atoms with Crippen molar-refractivity contribution in [1.82, 2.24) is 0 Å². The van der Waals surface area contributed by atoms with Crippen molar-refractivity contribution in [1.29, 1.82) is 0 Å². The Kier molecular flexibility index (Phi) is 6.05. The molecule has 2 rings (SSSR count). The highest BCUT2D eigenvalue weighted by atomic mass is 19.3. The number of ether oxygens (including phenoxy) is 2. The Morgan fingerprint density at radius 1 is 1.08 bits per heavy atom. The van der Waals surface area contributed by atoms with Crippen molar-refractivity contribution in [3.63, 3.8) is 0 Å². The van der Waals surface area contributed by atoms with E-state index in [0.29, 0.717) is 5.69 Å². The van der Waals surface area contributed by atoms with Gasteiger partial charge in [-0.1, -0.05) is 12.1 Å². The predicted octanol–water partition coefficient (Wildman–Crippen LogP) is 3.78. The van der Waals surface area contributed by atoms with Crippen LogP contribution >= 0.6 is 0 Å². The van der Waals surface area contributed by atoms with E-state index in [9.17, 15) is 18.4 Å². The fraction of sp³-hybridized carbons (Fsp3) is 0.222. The smallest absolute Gasteiger partial charge is 0.387 e. The number of esters is 1. The average molecular weight is 349 g/mol. The van der Waals surface area contributed by atoms with Crippen LogP contribution < -0.4 is 10.1 Å². The number of rotatable bonds is 6. The molecule has 0 aromatic heterocycles. The number of hydrogen-bond acceptors (Lipinski definition) is 4. The summed E-state index contributed by atoms with van der Waals surface area (Å²) in [5.74, 6) is -1.29. The van der Waals surface area contributed by atoms with Gasteiger partial charge in [0.05, 0.1) is 5.56 Å². The number of aryl methyl sites for hydroxylation is 1. The minimum Gasteiger partial charge on any atom is -0.449 e. The van der Waals surface area contributed by atoms with Crippen LogP contribution in [0.15, 0.2) is 48.5 Å². The zero-order valence-electron chi connectivity index (χ0n) is 13.7. The number of amides is 1. The van der Waals surface area contributed by atoms with Gasteiger partial charge in [-0.05, 0) is 55.8 Å². The lowest BCUT2D eigenvalue weighted by Gasteiger charge is -2.14. The van der Waals surface area contributed by atoms with Crippen LogP contribution in [0.2, 0.25) is 0 Å². The molecule has 0 aliphatic rings. The molecule has 2 aromatic rings. The van der Waals surface area contributed by atoms with Crippen molar-refractivity contribution in [2.45, 2.75) is 26.6 Å². The van der Waals surface area contributed by atoms with E-state index in [1.165, 1.54) is 31.2 Å². The fourth-order valence-corrected chi connectivity index (χ4v) is 2.02. The lowest BCUT2D eigenvalue weighted by atomic mass is 10.2. The number of halogens is 2. The van der Waals surface area contributed by atoms with Gasteiger partial charge in [0.15, 0.2) is 6.10 Å². The Morgan fingerprint density at radius 2 is 1.76 bits per heavy atom. The number of carbonyl (C=O) groups excluding carboxylic acids is 2. The number of hydrogen-bond donors (Lipinski definition) is 1. The van der Waals surface area contributed by atoms with Gasteiger partial charge in [-0.2, -0.15) is 8.78 Å². The quantitative estimate of drug-likeness (QED) is 0.806. The first-order valence-corrected chi connectivity index (χ1v) is 7.48. The molecule has 0 aliphatic heterocycles. The van der Waals surface area contributed by atoms with Gasteiger partial charge >= 0.3 is 12.6 Å². The first-order valence-electron chi connectivity index (χ1n) is 7.48. The molecule has 0 radical (unpaired) electrons. The second kappa shape index (κ2) is 8.23. The van der Waals surface area contributed by atoms with Gasteiger partial charge in [0.25, 0.3) is 5.91 Å². The van der Waals surface area contributed by atoms with Crippen LogP contribution in [0.1, 0.15) is 22.8 Å². The third kappa shape index (κ3) is 5.56. The standard InChI is InChI=1S/C18H17F2NO4/c1-11-4-3-5-14(10-11)21-16(22)12(2)24-17(23)13-6-8-15(9-7-13)25-18(19)20/h3-10,12,18H,1-2H3,(H,21,22)/t12-/m0/s1. The molecule has 25 heavy (non-hydrogen) atoms. The Labute approximate surface area is 143 Å². The van der Waals surface area contributed by atoms with Gasteiger partial charge < -0.3 is 14.8 Å². The topological polar surface area (TPSA) is 64.6 Å². The van der Waals surface area contributed by atoms with Crippen LogP contribution in [0.25, 0.3) is 0 Å². The minimum absolute atomic E-state index is 0.0724. The normalized spacial score (nSPS) is 11.7. The van der Waals surface area contributed by atoms with Gasteiger partial charge in [-0.3, -0.25) is 4.79 Å². The van der Waals surface area contributed by atoms with E-state index in [1.807, 2.05) is 13.0 Å². The van der Waals surface area contributed by atoms with Crippen LogP contribution in [-0.4, -0.2) is 24.6 Å². The molecule has 0 saturated heterocycles. The largest absolute Gasteiger partial charge is 0.449 e. The van der Waals surface area contributed by atoms with E-state index in [0.717, 1.165) is 5.56 Å². The number of benzene rings is 2. The molecule has 1 atom stereocenters. The summed E-state index contributed by atoms with van der Waals surface area (Å²) >= 11 is 0. The molecule has 0 fully saturated rings. The summed E-state index contributed by atoms with van der Waals surface area (Å²) < 4.78 is 33.4. The molecule has 132 valence electrons. The SMILES string of the molecule is Cc1cccc(NC(=O)[C@H](C)OC(=O)c2ccc(OC(F)F)cc2)c1. The minimum atomic E-state index is -2.94. The molecule has 0 unspecified atom stereocenters. The first kappa shape index (κ1) is 18.4. The Balaban J connectivity index is 1.93. The molecule has 7 heteroatoms. The maximum atomic E-state index is 12.1. The monoisotopic (exact) mass is 349 g/mol. The summed E-state index contributed by atoms with van der Waals surface area (Å²) in [4.78, 5) is 24.1. The maximum absolute atomic E-state index is 12.1. The van der Waals surface area contributed by atoms with Crippen molar-refractivity contribution in [2.75, 3.05) is 5.32 Å². The molecule has 2 aromatic carbocycles. The summed E-state index contributed by atoms with van der Waals surface area (Å²) in [6.07, 6.45) is -1.02. The Morgan fingerprint density at radius 3 is 2.36 bits per heavy atom. The van der Waals surface area contributed by atoms with Crippen LogP contribution in [0.5, 0.6) is 5.75 Å². The molecule has 0 bridgehead atoms. The van der Waals surface area contributed by atoms with Crippen LogP contribution in [0, 0.1) is 6.92 Å². The third-order valence-corrected chi connectivity index (χ3v) is 3.25. The van der Waals surface area contributed by atoms with Crippen LogP contribution in [0.4, 0.5) is 14.5 Å². The van der Waals surface area contributed by atoms with Gasteiger partial charge in [-0.25, -0.2) is 4.79 Å². The molecule has 0 aliphatic carbocycles. The zero-order chi connectivity index (χ0) is 18.4. The molecule has 0 heterocycles. The number of carbonyl (C=O) groups is 2. The lowest BCUT2D eigenvalue weighted by Crippen LogP contribution is -2.30. The Bertz CT molecular complexity index is 747. The fourth-order valence-electron chi connectivity index (χ4n) is 2.02. The number of alkyl halides is 2. The lowest BCUT2D eigenvalue weighted by molar-refractivity contribution is -0.123. The second-order valence-electron chi connectivity index (χ2n) is 5.31. The van der Waals surface area contributed by atoms with Crippen LogP contribution in [-0.2, 0) is 9.53 Å². The van der Waals surface area contributed by atoms with Gasteiger partial charge in [-0.15, -0.1) is 0 Å². The van der Waals surface area contributed by atoms with Gasteiger partial charge in [0.1, 0.15) is 5.75 Å². The second-order valence-corrected chi connectivity index (χ2v) is 5.31. The summed E-state index contributed by atoms with van der Waals surface area (Å²) in [6, 6.07) is 12.2. The van der Waals surface area contributed by atoms with Gasteiger partial charge in [0, 0.05) is 5.69 Å². The van der Waals surface area contributed by atoms with Crippen LogP contribution in [0.3, 0.4) is 0 Å². The molecular formula is C18H17F2NO4. The summed E-state index contributed by atoms with van der Waals surface area (Å²) in [7, 11) is 0. The zero-order valence-corrected chi connectivity index (χ0v) is 13.7. The molecular weight excluding hydrogens is 332 g/mol. The first-order chi connectivity index (χ1) is 11.8. The number of nitrogens with one attached hydrogen (secondary N) is 1. The third-order valence-electron chi connectivity index (χ3n) is 3.25.